The van der Waals surface area contributed by atoms with Crippen LogP contribution in [0.4, 0.5) is 4.39 Å². The van der Waals surface area contributed by atoms with Gasteiger partial charge < -0.3 is 9.47 Å². The van der Waals surface area contributed by atoms with Gasteiger partial charge in [-0.25, -0.2) is 14.0 Å². The van der Waals surface area contributed by atoms with Crippen molar-refractivity contribution in [3.8, 4) is 0 Å². The Hall–Kier alpha value is -2.25. The molecule has 0 N–H and O–H groups in total. The monoisotopic (exact) mass is 364 g/mol. The van der Waals surface area contributed by atoms with E-state index in [1.54, 1.807) is 36.6 Å². The largest absolute Gasteiger partial charge is 0.462 e. The average Bonchev–Trinajstić information content (AvgIpc) is 3.21. The molecule has 0 bridgehead atoms. The van der Waals surface area contributed by atoms with Crippen LogP contribution >= 0.6 is 22.7 Å². The second-order valence-corrected chi connectivity index (χ2v) is 6.80. The standard InChI is InChI=1S/C17H13FO4S2/c1-2-21-17(20)15-10(9-22-16(19)13-7-4-8-23-13)14-11(18)5-3-6-12(14)24-15/h3-8H,2,9H2,1H3. The second-order valence-electron chi connectivity index (χ2n) is 4.80. The fourth-order valence-corrected chi connectivity index (χ4v) is 4.00. The van der Waals surface area contributed by atoms with Crippen LogP contribution in [0.3, 0.4) is 0 Å². The molecule has 3 aromatic rings. The van der Waals surface area contributed by atoms with Crippen molar-refractivity contribution < 1.29 is 23.5 Å². The Morgan fingerprint density at radius 3 is 2.67 bits per heavy atom. The Morgan fingerprint density at radius 1 is 1.12 bits per heavy atom. The first-order chi connectivity index (χ1) is 11.6. The Balaban J connectivity index is 1.96. The number of hydrogen-bond donors (Lipinski definition) is 0. The highest BCUT2D eigenvalue weighted by Gasteiger charge is 2.23. The van der Waals surface area contributed by atoms with Crippen molar-refractivity contribution in [2.75, 3.05) is 6.61 Å². The fraction of sp³-hybridized carbons (Fsp3) is 0.176. The average molecular weight is 364 g/mol. The summed E-state index contributed by atoms with van der Waals surface area (Å²) in [6.45, 7) is 1.72. The Morgan fingerprint density at radius 2 is 1.96 bits per heavy atom. The Labute approximate surface area is 145 Å². The van der Waals surface area contributed by atoms with Gasteiger partial charge in [-0.05, 0) is 30.5 Å². The zero-order valence-corrected chi connectivity index (χ0v) is 14.3. The molecule has 7 heteroatoms. The lowest BCUT2D eigenvalue weighted by Gasteiger charge is -2.06. The summed E-state index contributed by atoms with van der Waals surface area (Å²) in [6, 6.07) is 7.99. The molecule has 124 valence electrons. The van der Waals surface area contributed by atoms with Gasteiger partial charge in [-0.15, -0.1) is 22.7 Å². The smallest absolute Gasteiger partial charge is 0.348 e. The van der Waals surface area contributed by atoms with E-state index in [1.807, 2.05) is 0 Å². The number of carbonyl (C=O) groups is 2. The van der Waals surface area contributed by atoms with E-state index >= 15 is 0 Å². The molecule has 3 rings (SSSR count). The molecule has 0 aliphatic heterocycles. The minimum atomic E-state index is -0.541. The number of thiophene rings is 2. The van der Waals surface area contributed by atoms with Crippen LogP contribution in [0.15, 0.2) is 35.7 Å². The summed E-state index contributed by atoms with van der Waals surface area (Å²) < 4.78 is 25.1. The van der Waals surface area contributed by atoms with Crippen molar-refractivity contribution >= 4 is 44.7 Å². The summed E-state index contributed by atoms with van der Waals surface area (Å²) in [4.78, 5) is 24.9. The van der Waals surface area contributed by atoms with Gasteiger partial charge in [-0.1, -0.05) is 12.1 Å². The van der Waals surface area contributed by atoms with Crippen LogP contribution < -0.4 is 0 Å². The zero-order valence-electron chi connectivity index (χ0n) is 12.7. The van der Waals surface area contributed by atoms with Crippen LogP contribution in [0.5, 0.6) is 0 Å². The van der Waals surface area contributed by atoms with Crippen molar-refractivity contribution in [1.82, 2.24) is 0 Å². The molecule has 0 saturated carbocycles. The molecule has 0 saturated heterocycles. The van der Waals surface area contributed by atoms with Crippen molar-refractivity contribution in [2.45, 2.75) is 13.5 Å². The molecule has 0 aliphatic rings. The molecule has 1 aromatic carbocycles. The first kappa shape index (κ1) is 16.6. The van der Waals surface area contributed by atoms with Crippen LogP contribution in [0.25, 0.3) is 10.1 Å². The molecule has 2 heterocycles. The van der Waals surface area contributed by atoms with E-state index < -0.39 is 17.8 Å². The minimum absolute atomic E-state index is 0.189. The quantitative estimate of drug-likeness (QED) is 0.619. The maximum atomic E-state index is 14.2. The van der Waals surface area contributed by atoms with E-state index in [-0.39, 0.29) is 18.1 Å². The third-order valence-electron chi connectivity index (χ3n) is 3.29. The molecule has 0 spiro atoms. The molecule has 0 aliphatic carbocycles. The first-order valence-electron chi connectivity index (χ1n) is 7.19. The molecule has 4 nitrogen and oxygen atoms in total. The van der Waals surface area contributed by atoms with Gasteiger partial charge in [0.1, 0.15) is 22.2 Å². The summed E-state index contributed by atoms with van der Waals surface area (Å²) in [7, 11) is 0. The van der Waals surface area contributed by atoms with Crippen LogP contribution in [0.1, 0.15) is 31.8 Å². The van der Waals surface area contributed by atoms with Crippen LogP contribution in [0, 0.1) is 5.82 Å². The Kier molecular flexibility index (Phi) is 4.92. The van der Waals surface area contributed by atoms with Crippen molar-refractivity contribution in [1.29, 1.82) is 0 Å². The molecule has 0 fully saturated rings. The summed E-state index contributed by atoms with van der Waals surface area (Å²) >= 11 is 2.39. The van der Waals surface area contributed by atoms with Gasteiger partial charge in [0.05, 0.1) is 6.61 Å². The number of ether oxygens (including phenoxy) is 2. The number of halogens is 1. The number of benzene rings is 1. The molecule has 0 unspecified atom stereocenters. The van der Waals surface area contributed by atoms with Gasteiger partial charge in [0.15, 0.2) is 0 Å². The van der Waals surface area contributed by atoms with Gasteiger partial charge in [0, 0.05) is 15.6 Å². The van der Waals surface area contributed by atoms with E-state index in [2.05, 4.69) is 0 Å². The second kappa shape index (κ2) is 7.11. The van der Waals surface area contributed by atoms with Gasteiger partial charge in [0.2, 0.25) is 0 Å². The van der Waals surface area contributed by atoms with E-state index in [1.165, 1.54) is 17.4 Å². The zero-order chi connectivity index (χ0) is 17.1. The van der Waals surface area contributed by atoms with Crippen molar-refractivity contribution in [2.24, 2.45) is 0 Å². The molecule has 0 atom stereocenters. The number of esters is 2. The molecule has 0 amide bonds. The summed E-state index contributed by atoms with van der Waals surface area (Å²) in [5, 5.41) is 2.06. The predicted octanol–water partition coefficient (Wildman–Crippen LogP) is 4.64. The van der Waals surface area contributed by atoms with Gasteiger partial charge in [-0.2, -0.15) is 0 Å². The van der Waals surface area contributed by atoms with E-state index in [0.29, 0.717) is 20.5 Å². The lowest BCUT2D eigenvalue weighted by atomic mass is 10.1. The first-order valence-corrected chi connectivity index (χ1v) is 8.89. The van der Waals surface area contributed by atoms with Crippen molar-refractivity contribution in [3.63, 3.8) is 0 Å². The van der Waals surface area contributed by atoms with Crippen LogP contribution in [-0.4, -0.2) is 18.5 Å². The lowest BCUT2D eigenvalue weighted by molar-refractivity contribution is 0.0459. The number of rotatable bonds is 5. The number of hydrogen-bond acceptors (Lipinski definition) is 6. The topological polar surface area (TPSA) is 52.6 Å². The molecule has 24 heavy (non-hydrogen) atoms. The van der Waals surface area contributed by atoms with Crippen LogP contribution in [0.2, 0.25) is 0 Å². The SMILES string of the molecule is CCOC(=O)c1sc2cccc(F)c2c1COC(=O)c1cccs1. The fourth-order valence-electron chi connectivity index (χ4n) is 2.27. The van der Waals surface area contributed by atoms with Crippen LogP contribution in [-0.2, 0) is 16.1 Å². The third kappa shape index (κ3) is 3.18. The molecule has 2 aromatic heterocycles. The summed E-state index contributed by atoms with van der Waals surface area (Å²) in [6.07, 6.45) is 0. The number of fused-ring (bicyclic) bond motifs is 1. The predicted molar refractivity (Wildman–Crippen MR) is 91.2 cm³/mol. The maximum Gasteiger partial charge on any atom is 0.348 e. The third-order valence-corrected chi connectivity index (χ3v) is 5.32. The number of carbonyl (C=O) groups excluding carboxylic acids is 2. The summed E-state index contributed by atoms with van der Waals surface area (Å²) in [5.41, 5.74) is 0.344. The molecular weight excluding hydrogens is 351 g/mol. The minimum Gasteiger partial charge on any atom is -0.462 e. The highest BCUT2D eigenvalue weighted by atomic mass is 32.1. The van der Waals surface area contributed by atoms with E-state index in [4.69, 9.17) is 9.47 Å². The van der Waals surface area contributed by atoms with Gasteiger partial charge in [0.25, 0.3) is 0 Å². The molecule has 0 radical (unpaired) electrons. The lowest BCUT2D eigenvalue weighted by Crippen LogP contribution is -2.08. The van der Waals surface area contributed by atoms with E-state index in [9.17, 15) is 14.0 Å². The molecular formula is C17H13FO4S2. The highest BCUT2D eigenvalue weighted by molar-refractivity contribution is 7.21. The summed E-state index contributed by atoms with van der Waals surface area (Å²) in [5.74, 6) is -1.50. The highest BCUT2D eigenvalue weighted by Crippen LogP contribution is 2.34. The Bertz CT molecular complexity index is 884. The van der Waals surface area contributed by atoms with Crippen molar-refractivity contribution in [3.05, 3.63) is 56.8 Å². The normalized spacial score (nSPS) is 10.8. The maximum absolute atomic E-state index is 14.2. The van der Waals surface area contributed by atoms with Gasteiger partial charge in [-0.3, -0.25) is 0 Å². The van der Waals surface area contributed by atoms with Gasteiger partial charge >= 0.3 is 11.9 Å². The van der Waals surface area contributed by atoms with E-state index in [0.717, 1.165) is 11.3 Å².